The van der Waals surface area contributed by atoms with Crippen LogP contribution in [-0.2, 0) is 12.1 Å². The Labute approximate surface area is 304 Å². The van der Waals surface area contributed by atoms with Crippen LogP contribution in [0.1, 0.15) is 36.8 Å². The molecule has 51 heavy (non-hydrogen) atoms. The highest BCUT2D eigenvalue weighted by Gasteiger charge is 2.71. The molecule has 5 rings (SSSR count). The molecule has 11 nitrogen and oxygen atoms in total. The number of nitro groups is 2. The lowest BCUT2D eigenvalue weighted by Crippen LogP contribution is -2.53. The average Bonchev–Trinajstić information content (AvgIpc) is 3.07. The van der Waals surface area contributed by atoms with E-state index in [4.69, 9.17) is 9.47 Å². The summed E-state index contributed by atoms with van der Waals surface area (Å²) in [4.78, 5) is 22.4. The number of nitro benzene ring substituents is 2. The van der Waals surface area contributed by atoms with E-state index in [1.54, 1.807) is 6.07 Å². The molecule has 0 unspecified atom stereocenters. The van der Waals surface area contributed by atoms with Crippen LogP contribution in [0.15, 0.2) is 69.6 Å². The van der Waals surface area contributed by atoms with Crippen molar-refractivity contribution in [1.29, 1.82) is 0 Å². The first-order valence-electron chi connectivity index (χ1n) is 15.5. The fourth-order valence-electron chi connectivity index (χ4n) is 5.45. The molecule has 3 aromatic carbocycles. The van der Waals surface area contributed by atoms with Gasteiger partial charge in [0.25, 0.3) is 17.0 Å². The van der Waals surface area contributed by atoms with Crippen molar-refractivity contribution >= 4 is 43.2 Å². The highest BCUT2D eigenvalue weighted by atomic mass is 79.9. The van der Waals surface area contributed by atoms with Crippen LogP contribution >= 0.6 is 31.9 Å². The molecule has 2 aliphatic heterocycles. The molecule has 0 spiro atoms. The van der Waals surface area contributed by atoms with E-state index in [0.717, 1.165) is 38.1 Å². The smallest absolute Gasteiger partial charge is 0.430 e. The Morgan fingerprint density at radius 1 is 0.745 bits per heavy atom. The van der Waals surface area contributed by atoms with Crippen molar-refractivity contribution in [2.24, 2.45) is 0 Å². The number of rotatable bonds is 9. The molecule has 0 radical (unpaired) electrons. The highest BCUT2D eigenvalue weighted by Crippen LogP contribution is 2.50. The van der Waals surface area contributed by atoms with Crippen molar-refractivity contribution in [3.05, 3.63) is 101 Å². The van der Waals surface area contributed by atoms with Crippen LogP contribution in [0.5, 0.6) is 11.5 Å². The number of alkyl halides is 6. The van der Waals surface area contributed by atoms with Crippen LogP contribution in [0.25, 0.3) is 0 Å². The minimum atomic E-state index is -5.92. The first kappa shape index (κ1) is 40.3. The minimum absolute atomic E-state index is 0.0644. The lowest BCUT2D eigenvalue weighted by molar-refractivity contribution is -0.385. The van der Waals surface area contributed by atoms with Crippen molar-refractivity contribution in [1.82, 2.24) is 10.2 Å². The van der Waals surface area contributed by atoms with Gasteiger partial charge in [-0.25, -0.2) is 0 Å². The van der Waals surface area contributed by atoms with E-state index in [-0.39, 0.29) is 23.6 Å². The molecule has 0 saturated carbocycles. The molecule has 0 atom stereocenters. The van der Waals surface area contributed by atoms with Gasteiger partial charge in [0, 0.05) is 49.5 Å². The van der Waals surface area contributed by atoms with Crippen molar-refractivity contribution < 1.29 is 50.8 Å². The quantitative estimate of drug-likeness (QED) is 0.124. The predicted molar refractivity (Wildman–Crippen MR) is 179 cm³/mol. The molecule has 0 aromatic heterocycles. The number of likely N-dealkylation sites (tertiary alicyclic amines) is 1. The van der Waals surface area contributed by atoms with Gasteiger partial charge in [-0.05, 0) is 88.3 Å². The molecular formula is C32H32Br2F6N4O7. The van der Waals surface area contributed by atoms with Crippen LogP contribution < -0.4 is 14.8 Å². The molecule has 19 heteroatoms. The molecule has 2 heterocycles. The Morgan fingerprint density at radius 3 is 1.57 bits per heavy atom. The molecule has 0 aliphatic carbocycles. The van der Waals surface area contributed by atoms with Gasteiger partial charge in [-0.3, -0.25) is 25.1 Å². The van der Waals surface area contributed by atoms with E-state index in [0.29, 0.717) is 70.6 Å². The number of ether oxygens (including phenoxy) is 2. The third kappa shape index (κ3) is 10.3. The normalized spacial score (nSPS) is 16.6. The molecule has 0 amide bonds. The zero-order chi connectivity index (χ0) is 37.6. The number of nitrogens with zero attached hydrogens (tertiary/aromatic N) is 3. The van der Waals surface area contributed by atoms with Crippen LogP contribution in [0.4, 0.5) is 37.7 Å². The SMILES string of the molecule is O=[N+]([O-])c1ccc(OC2CCN(Cc3ccc(C(O)(C(F)(F)F)C(F)(F)F)cc3)CC2)c(Br)c1.O=[N+]([O-])c1ccc(OC2CCNCC2)c(Br)c1. The largest absolute Gasteiger partial charge is 0.489 e. The molecular weight excluding hydrogens is 826 g/mol. The van der Waals surface area contributed by atoms with Gasteiger partial charge in [0.15, 0.2) is 0 Å². The molecule has 278 valence electrons. The second kappa shape index (κ2) is 16.9. The summed E-state index contributed by atoms with van der Waals surface area (Å²) in [5.41, 5.74) is -5.76. The number of aliphatic hydroxyl groups is 1. The number of non-ortho nitro benzene ring substituents is 2. The summed E-state index contributed by atoms with van der Waals surface area (Å²) in [6, 6.07) is 12.3. The number of nitrogens with one attached hydrogen (secondary N) is 1. The first-order valence-corrected chi connectivity index (χ1v) is 17.1. The average molecular weight is 858 g/mol. The van der Waals surface area contributed by atoms with E-state index >= 15 is 0 Å². The fourth-order valence-corrected chi connectivity index (χ4v) is 6.37. The Bertz CT molecular complexity index is 1650. The van der Waals surface area contributed by atoms with Gasteiger partial charge in [-0.2, -0.15) is 26.3 Å². The van der Waals surface area contributed by atoms with E-state index < -0.39 is 33.4 Å². The van der Waals surface area contributed by atoms with Gasteiger partial charge in [-0.15, -0.1) is 0 Å². The number of hydrogen-bond acceptors (Lipinski definition) is 9. The maximum absolute atomic E-state index is 13.0. The van der Waals surface area contributed by atoms with Crippen molar-refractivity contribution in [3.8, 4) is 11.5 Å². The molecule has 3 aromatic rings. The highest BCUT2D eigenvalue weighted by molar-refractivity contribution is 9.11. The van der Waals surface area contributed by atoms with Crippen molar-refractivity contribution in [3.63, 3.8) is 0 Å². The van der Waals surface area contributed by atoms with Crippen LogP contribution in [0.3, 0.4) is 0 Å². The van der Waals surface area contributed by atoms with Gasteiger partial charge in [0.2, 0.25) is 0 Å². The first-order chi connectivity index (χ1) is 23.9. The Morgan fingerprint density at radius 2 is 1.18 bits per heavy atom. The summed E-state index contributed by atoms with van der Waals surface area (Å²) in [5.74, 6) is 1.13. The Balaban J connectivity index is 0.000000286. The lowest BCUT2D eigenvalue weighted by atomic mass is 9.91. The predicted octanol–water partition coefficient (Wildman–Crippen LogP) is 8.20. The maximum Gasteiger partial charge on any atom is 0.430 e. The van der Waals surface area contributed by atoms with Gasteiger partial charge in [0.1, 0.15) is 23.7 Å². The van der Waals surface area contributed by atoms with E-state index in [2.05, 4.69) is 37.2 Å². The van der Waals surface area contributed by atoms with Crippen molar-refractivity contribution in [2.45, 2.75) is 62.4 Å². The zero-order valence-corrected chi connectivity index (χ0v) is 29.7. The van der Waals surface area contributed by atoms with Crippen LogP contribution in [0.2, 0.25) is 0 Å². The molecule has 2 saturated heterocycles. The third-order valence-corrected chi connectivity index (χ3v) is 9.50. The minimum Gasteiger partial charge on any atom is -0.489 e. The zero-order valence-electron chi connectivity index (χ0n) is 26.6. The van der Waals surface area contributed by atoms with Gasteiger partial charge < -0.3 is 19.9 Å². The molecule has 2 fully saturated rings. The Kier molecular flexibility index (Phi) is 13.3. The monoisotopic (exact) mass is 856 g/mol. The lowest BCUT2D eigenvalue weighted by Gasteiger charge is -2.33. The van der Waals surface area contributed by atoms with Gasteiger partial charge in [-0.1, -0.05) is 24.3 Å². The number of benzene rings is 3. The third-order valence-electron chi connectivity index (χ3n) is 8.26. The van der Waals surface area contributed by atoms with E-state index in [9.17, 15) is 51.7 Å². The summed E-state index contributed by atoms with van der Waals surface area (Å²) in [6.07, 6.45) is -8.70. The summed E-state index contributed by atoms with van der Waals surface area (Å²) >= 11 is 6.54. The summed E-state index contributed by atoms with van der Waals surface area (Å²) in [5, 5.41) is 34.1. The fraction of sp³-hybridized carbons (Fsp3) is 0.438. The second-order valence-corrected chi connectivity index (χ2v) is 13.5. The standard InChI is InChI=1S/C21H19BrF6N2O4.C11H13BrN2O3/c22-17-11-15(30(32)33)5-6-18(17)34-16-7-9-29(10-8-16)12-13-1-3-14(4-2-13)19(31,20(23,24)25)21(26,27)28;12-10-7-8(14(15)16)1-2-11(10)17-9-3-5-13-6-4-9/h1-6,11,16,31H,7-10,12H2;1-2,7,9,13H,3-6H2. The van der Waals surface area contributed by atoms with Gasteiger partial charge >= 0.3 is 12.4 Å². The summed E-state index contributed by atoms with van der Waals surface area (Å²) in [6.45, 7) is 3.33. The summed E-state index contributed by atoms with van der Waals surface area (Å²) in [7, 11) is 0. The topological polar surface area (TPSA) is 140 Å². The second-order valence-electron chi connectivity index (χ2n) is 11.8. The summed E-state index contributed by atoms with van der Waals surface area (Å²) < 4.78 is 90.8. The van der Waals surface area contributed by atoms with E-state index in [1.807, 2.05) is 4.90 Å². The van der Waals surface area contributed by atoms with Crippen LogP contribution in [0, 0.1) is 20.2 Å². The molecule has 2 N–H and O–H groups in total. The van der Waals surface area contributed by atoms with Gasteiger partial charge in [0.05, 0.1) is 18.8 Å². The number of halogens is 8. The molecule has 0 bridgehead atoms. The van der Waals surface area contributed by atoms with E-state index in [1.165, 1.54) is 30.3 Å². The van der Waals surface area contributed by atoms with Crippen molar-refractivity contribution in [2.75, 3.05) is 26.2 Å². The Hall–Kier alpha value is -3.52. The molecule has 2 aliphatic rings. The maximum atomic E-state index is 13.0. The van der Waals surface area contributed by atoms with Crippen LogP contribution in [-0.4, -0.2) is 70.6 Å². The number of hydrogen-bond donors (Lipinski definition) is 2. The number of piperidine rings is 2.